The lowest BCUT2D eigenvalue weighted by molar-refractivity contribution is 0.0944. The molecule has 0 saturated carbocycles. The summed E-state index contributed by atoms with van der Waals surface area (Å²) < 4.78 is 18.9. The smallest absolute Gasteiger partial charge is 0.273 e. The molecule has 1 aromatic carbocycles. The van der Waals surface area contributed by atoms with E-state index in [1.165, 1.54) is 35.5 Å². The standard InChI is InChI=1S/C20H20FN3O2S/c21-14-7-2-1-6-13(14)17-12-16(24-26-17)20(25)22-11-5-10-19-23-15-8-3-4-9-18(15)27-19/h1-2,6-7,12H,3-5,8-11H2,(H,22,25). The fourth-order valence-electron chi connectivity index (χ4n) is 3.21. The van der Waals surface area contributed by atoms with Crippen LogP contribution in [0.3, 0.4) is 0 Å². The second kappa shape index (κ2) is 8.00. The Balaban J connectivity index is 1.28. The van der Waals surface area contributed by atoms with E-state index in [0.29, 0.717) is 6.54 Å². The van der Waals surface area contributed by atoms with Gasteiger partial charge in [0.25, 0.3) is 5.91 Å². The van der Waals surface area contributed by atoms with Crippen LogP contribution in [0.25, 0.3) is 11.3 Å². The van der Waals surface area contributed by atoms with Crippen LogP contribution in [-0.4, -0.2) is 22.6 Å². The molecule has 0 spiro atoms. The van der Waals surface area contributed by atoms with Gasteiger partial charge in [-0.3, -0.25) is 4.79 Å². The fourth-order valence-corrected chi connectivity index (χ4v) is 4.41. The predicted molar refractivity (Wildman–Crippen MR) is 101 cm³/mol. The van der Waals surface area contributed by atoms with E-state index in [2.05, 4.69) is 10.5 Å². The molecule has 0 aliphatic heterocycles. The van der Waals surface area contributed by atoms with E-state index < -0.39 is 5.82 Å². The molecule has 0 fully saturated rings. The monoisotopic (exact) mass is 385 g/mol. The van der Waals surface area contributed by atoms with E-state index in [0.717, 1.165) is 30.7 Å². The van der Waals surface area contributed by atoms with Crippen molar-refractivity contribution in [2.24, 2.45) is 0 Å². The normalized spacial score (nSPS) is 13.4. The van der Waals surface area contributed by atoms with E-state index in [1.807, 2.05) is 0 Å². The van der Waals surface area contributed by atoms with Crippen LogP contribution in [0.5, 0.6) is 0 Å². The van der Waals surface area contributed by atoms with Gasteiger partial charge in [0.2, 0.25) is 0 Å². The van der Waals surface area contributed by atoms with Crippen molar-refractivity contribution in [2.75, 3.05) is 6.54 Å². The third-order valence-corrected chi connectivity index (χ3v) is 5.84. The highest BCUT2D eigenvalue weighted by Gasteiger charge is 2.16. The quantitative estimate of drug-likeness (QED) is 0.647. The number of nitrogens with one attached hydrogen (secondary N) is 1. The molecule has 0 saturated heterocycles. The zero-order valence-electron chi connectivity index (χ0n) is 14.8. The molecule has 2 heterocycles. The highest BCUT2D eigenvalue weighted by molar-refractivity contribution is 7.11. The molecule has 0 radical (unpaired) electrons. The Bertz CT molecular complexity index is 927. The minimum atomic E-state index is -0.410. The molecule has 1 aliphatic rings. The summed E-state index contributed by atoms with van der Waals surface area (Å²) in [5.41, 5.74) is 1.71. The number of carbonyl (C=O) groups is 1. The summed E-state index contributed by atoms with van der Waals surface area (Å²) in [6, 6.07) is 7.70. The first-order valence-corrected chi connectivity index (χ1v) is 9.99. The molecular formula is C20H20FN3O2S. The zero-order valence-corrected chi connectivity index (χ0v) is 15.7. The van der Waals surface area contributed by atoms with Gasteiger partial charge < -0.3 is 9.84 Å². The van der Waals surface area contributed by atoms with Crippen molar-refractivity contribution >= 4 is 17.2 Å². The molecule has 3 aromatic rings. The topological polar surface area (TPSA) is 68.0 Å². The van der Waals surface area contributed by atoms with Crippen molar-refractivity contribution in [2.45, 2.75) is 38.5 Å². The summed E-state index contributed by atoms with van der Waals surface area (Å²) in [4.78, 5) is 18.4. The Hall–Kier alpha value is -2.54. The Morgan fingerprint density at radius 1 is 1.26 bits per heavy atom. The summed E-state index contributed by atoms with van der Waals surface area (Å²) in [6.45, 7) is 0.533. The number of aromatic nitrogens is 2. The number of rotatable bonds is 6. The van der Waals surface area contributed by atoms with E-state index in [-0.39, 0.29) is 22.9 Å². The number of fused-ring (bicyclic) bond motifs is 1. The number of hydrogen-bond acceptors (Lipinski definition) is 5. The van der Waals surface area contributed by atoms with Gasteiger partial charge in [0.15, 0.2) is 11.5 Å². The Labute approximate surface area is 160 Å². The third-order valence-electron chi connectivity index (χ3n) is 4.63. The number of thiazole rings is 1. The van der Waals surface area contributed by atoms with Crippen LogP contribution in [0.15, 0.2) is 34.9 Å². The van der Waals surface area contributed by atoms with Crippen molar-refractivity contribution in [3.63, 3.8) is 0 Å². The lowest BCUT2D eigenvalue weighted by atomic mass is 10.0. The molecule has 27 heavy (non-hydrogen) atoms. The first kappa shape index (κ1) is 17.9. The van der Waals surface area contributed by atoms with Gasteiger partial charge in [-0.05, 0) is 44.2 Å². The molecule has 1 aliphatic carbocycles. The van der Waals surface area contributed by atoms with Gasteiger partial charge in [0.1, 0.15) is 5.82 Å². The Morgan fingerprint density at radius 2 is 2.11 bits per heavy atom. The number of carbonyl (C=O) groups excluding carboxylic acids is 1. The van der Waals surface area contributed by atoms with Crippen molar-refractivity contribution in [3.05, 3.63) is 57.4 Å². The second-order valence-electron chi connectivity index (χ2n) is 6.60. The number of aryl methyl sites for hydroxylation is 3. The average Bonchev–Trinajstić information content (AvgIpc) is 3.32. The largest absolute Gasteiger partial charge is 0.355 e. The maximum absolute atomic E-state index is 13.8. The molecule has 2 aromatic heterocycles. The molecule has 0 atom stereocenters. The van der Waals surface area contributed by atoms with Gasteiger partial charge in [-0.15, -0.1) is 11.3 Å². The van der Waals surface area contributed by atoms with Crippen LogP contribution in [0.4, 0.5) is 4.39 Å². The minimum Gasteiger partial charge on any atom is -0.355 e. The molecule has 5 nitrogen and oxygen atoms in total. The van der Waals surface area contributed by atoms with E-state index in [9.17, 15) is 9.18 Å². The molecule has 7 heteroatoms. The highest BCUT2D eigenvalue weighted by atomic mass is 32.1. The second-order valence-corrected chi connectivity index (χ2v) is 7.77. The van der Waals surface area contributed by atoms with Gasteiger partial charge in [-0.25, -0.2) is 9.37 Å². The van der Waals surface area contributed by atoms with Crippen molar-refractivity contribution in [3.8, 4) is 11.3 Å². The molecule has 0 bridgehead atoms. The van der Waals surface area contributed by atoms with Crippen LogP contribution in [0.2, 0.25) is 0 Å². The lowest BCUT2D eigenvalue weighted by Crippen LogP contribution is -2.25. The minimum absolute atomic E-state index is 0.151. The molecule has 4 rings (SSSR count). The summed E-state index contributed by atoms with van der Waals surface area (Å²) in [5.74, 6) is -0.488. The number of halogens is 1. The Kier molecular flexibility index (Phi) is 5.29. The van der Waals surface area contributed by atoms with Gasteiger partial charge in [0, 0.05) is 23.9 Å². The molecule has 0 unspecified atom stereocenters. The maximum atomic E-state index is 13.8. The number of hydrogen-bond donors (Lipinski definition) is 1. The number of benzene rings is 1. The first-order valence-electron chi connectivity index (χ1n) is 9.18. The van der Waals surface area contributed by atoms with Crippen molar-refractivity contribution < 1.29 is 13.7 Å². The van der Waals surface area contributed by atoms with E-state index >= 15 is 0 Å². The van der Waals surface area contributed by atoms with Crippen molar-refractivity contribution in [1.82, 2.24) is 15.5 Å². The van der Waals surface area contributed by atoms with Crippen LogP contribution in [-0.2, 0) is 19.3 Å². The third kappa shape index (κ3) is 4.08. The predicted octanol–water partition coefficient (Wildman–Crippen LogP) is 4.18. The summed E-state index contributed by atoms with van der Waals surface area (Å²) in [5, 5.41) is 7.73. The molecular weight excluding hydrogens is 365 g/mol. The fraction of sp³-hybridized carbons (Fsp3) is 0.350. The average molecular weight is 385 g/mol. The van der Waals surface area contributed by atoms with E-state index in [4.69, 9.17) is 9.51 Å². The molecule has 1 amide bonds. The van der Waals surface area contributed by atoms with Crippen LogP contribution in [0, 0.1) is 5.82 Å². The number of nitrogens with zero attached hydrogens (tertiary/aromatic N) is 2. The summed E-state index contributed by atoms with van der Waals surface area (Å²) >= 11 is 1.81. The van der Waals surface area contributed by atoms with E-state index in [1.54, 1.807) is 29.5 Å². The summed E-state index contributed by atoms with van der Waals surface area (Å²) in [7, 11) is 0. The molecule has 1 N–H and O–H groups in total. The van der Waals surface area contributed by atoms with Crippen LogP contribution in [0.1, 0.15) is 45.3 Å². The molecule has 140 valence electrons. The van der Waals surface area contributed by atoms with Gasteiger partial charge in [-0.2, -0.15) is 0 Å². The number of amides is 1. The first-order chi connectivity index (χ1) is 13.2. The maximum Gasteiger partial charge on any atom is 0.273 e. The summed E-state index contributed by atoms with van der Waals surface area (Å²) in [6.07, 6.45) is 6.42. The van der Waals surface area contributed by atoms with Gasteiger partial charge in [-0.1, -0.05) is 17.3 Å². The van der Waals surface area contributed by atoms with Crippen molar-refractivity contribution in [1.29, 1.82) is 0 Å². The van der Waals surface area contributed by atoms with Crippen LogP contribution >= 0.6 is 11.3 Å². The SMILES string of the molecule is O=C(NCCCc1nc2c(s1)CCCC2)c1cc(-c2ccccc2F)on1. The van der Waals surface area contributed by atoms with Gasteiger partial charge in [0.05, 0.1) is 16.3 Å². The zero-order chi connectivity index (χ0) is 18.6. The highest BCUT2D eigenvalue weighted by Crippen LogP contribution is 2.27. The van der Waals surface area contributed by atoms with Crippen LogP contribution < -0.4 is 5.32 Å². The lowest BCUT2D eigenvalue weighted by Gasteiger charge is -2.06. The Morgan fingerprint density at radius 3 is 2.96 bits per heavy atom. The van der Waals surface area contributed by atoms with Gasteiger partial charge >= 0.3 is 0 Å².